The van der Waals surface area contributed by atoms with Gasteiger partial charge >= 0.3 is 86.7 Å². The molecule has 0 aromatic carbocycles. The zero-order chi connectivity index (χ0) is 40.2. The summed E-state index contributed by atoms with van der Waals surface area (Å²) in [6.45, 7) is 0. The predicted octanol–water partition coefficient (Wildman–Crippen LogP) is 9.17. The molecule has 0 aromatic heterocycles. The molecule has 0 spiro atoms. The molecule has 1 N–H and O–H groups in total. The zero-order valence-corrected chi connectivity index (χ0v) is 20.9. The van der Waals surface area contributed by atoms with Gasteiger partial charge in [-0.1, -0.05) is 0 Å². The van der Waals surface area contributed by atoms with Crippen LogP contribution in [0.5, 0.6) is 0 Å². The van der Waals surface area contributed by atoms with Crippen LogP contribution >= 0.6 is 0 Å². The first kappa shape index (κ1) is 45.6. The van der Waals surface area contributed by atoms with Crippen molar-refractivity contribution in [2.75, 3.05) is 0 Å². The van der Waals surface area contributed by atoms with E-state index in [1.807, 2.05) is 0 Å². The lowest BCUT2D eigenvalue weighted by atomic mass is 9.89. The molecular weight excluding hydrogens is 811 g/mol. The van der Waals surface area contributed by atoms with Gasteiger partial charge in [-0.25, -0.2) is 8.78 Å². The molecule has 0 aliphatic carbocycles. The molecule has 0 aliphatic heterocycles. The Morgan fingerprint density at radius 3 is 0.729 bits per heavy atom. The fourth-order valence-electron chi connectivity index (χ4n) is 2.45. The number of halogens is 29. The molecule has 33 heteroatoms. The molecule has 0 saturated carbocycles. The second kappa shape index (κ2) is 11.1. The van der Waals surface area contributed by atoms with Gasteiger partial charge in [0.05, 0.1) is 0 Å². The van der Waals surface area contributed by atoms with Crippen LogP contribution in [0.1, 0.15) is 0 Å². The van der Waals surface area contributed by atoms with Crippen LogP contribution in [0, 0.1) is 0 Å². The van der Waals surface area contributed by atoms with Crippen LogP contribution in [-0.2, 0) is 10.1 Å². The van der Waals surface area contributed by atoms with E-state index in [1.165, 1.54) is 0 Å². The number of hydrogen-bond acceptors (Lipinski definition) is 2. The highest BCUT2D eigenvalue weighted by atomic mass is 32.2. The molecular formula is C15HF29O3S. The van der Waals surface area contributed by atoms with E-state index in [0.717, 1.165) is 0 Å². The average Bonchev–Trinajstić information content (AvgIpc) is 2.84. The van der Waals surface area contributed by atoms with E-state index in [9.17, 15) is 136 Å². The summed E-state index contributed by atoms with van der Waals surface area (Å²) in [7, 11) is -8.25. The van der Waals surface area contributed by atoms with Gasteiger partial charge in [-0.05, 0) is 0 Å². The smallest absolute Gasteiger partial charge is 0.281 e. The molecule has 0 saturated heterocycles. The fourth-order valence-corrected chi connectivity index (χ4v) is 2.91. The van der Waals surface area contributed by atoms with Crippen LogP contribution in [0.3, 0.4) is 0 Å². The van der Waals surface area contributed by atoms with E-state index >= 15 is 0 Å². The van der Waals surface area contributed by atoms with Crippen molar-refractivity contribution in [2.24, 2.45) is 0 Å². The Morgan fingerprint density at radius 2 is 0.521 bits per heavy atom. The minimum atomic E-state index is -9.50. The zero-order valence-electron chi connectivity index (χ0n) is 20.1. The van der Waals surface area contributed by atoms with E-state index in [4.69, 9.17) is 4.55 Å². The Hall–Kier alpha value is -2.38. The summed E-state index contributed by atoms with van der Waals surface area (Å²) in [6, 6.07) is 0. The average molecular weight is 812 g/mol. The molecule has 0 atom stereocenters. The van der Waals surface area contributed by atoms with Crippen molar-refractivity contribution in [1.82, 2.24) is 0 Å². The predicted molar refractivity (Wildman–Crippen MR) is 86.2 cm³/mol. The molecule has 0 amide bonds. The quantitative estimate of drug-likeness (QED) is 0.149. The third-order valence-electron chi connectivity index (χ3n) is 5.34. The summed E-state index contributed by atoms with van der Waals surface area (Å²) in [4.78, 5) is 0. The molecule has 3 nitrogen and oxygen atoms in total. The van der Waals surface area contributed by atoms with Gasteiger partial charge in [0.1, 0.15) is 0 Å². The molecule has 0 bridgehead atoms. The Kier molecular flexibility index (Phi) is 10.5. The van der Waals surface area contributed by atoms with Gasteiger partial charge in [0.2, 0.25) is 11.7 Å². The van der Waals surface area contributed by atoms with Gasteiger partial charge in [-0.15, -0.1) is 0 Å². The van der Waals surface area contributed by atoms with Gasteiger partial charge in [-0.2, -0.15) is 127 Å². The van der Waals surface area contributed by atoms with Crippen molar-refractivity contribution in [3.8, 4) is 0 Å². The van der Waals surface area contributed by atoms with Gasteiger partial charge in [0.15, 0.2) is 0 Å². The van der Waals surface area contributed by atoms with Crippen molar-refractivity contribution in [1.29, 1.82) is 0 Å². The van der Waals surface area contributed by atoms with Gasteiger partial charge in [0.25, 0.3) is 0 Å². The van der Waals surface area contributed by atoms with Crippen molar-refractivity contribution in [3.05, 3.63) is 11.7 Å². The van der Waals surface area contributed by atoms with E-state index in [-0.39, 0.29) is 0 Å². The Bertz CT molecular complexity index is 1370. The Balaban J connectivity index is 7.60. The second-order valence-corrected chi connectivity index (χ2v) is 9.90. The van der Waals surface area contributed by atoms with Crippen LogP contribution in [0.2, 0.25) is 0 Å². The summed E-state index contributed by atoms with van der Waals surface area (Å²) in [5, 5.41) is -8.21. The normalized spacial score (nSPS) is 17.5. The topological polar surface area (TPSA) is 54.4 Å². The third kappa shape index (κ3) is 5.36. The van der Waals surface area contributed by atoms with E-state index in [0.29, 0.717) is 0 Å². The van der Waals surface area contributed by atoms with E-state index in [1.54, 1.807) is 0 Å². The van der Waals surface area contributed by atoms with Crippen molar-refractivity contribution in [2.45, 2.75) is 76.6 Å². The standard InChI is InChI=1S/C15HF29O3S/c16-1(3(18,19)5(22,23)7(26,27)9(30,31)10(32,33)12(36,37)14(40,41)42)2(17)4(20,21)6(24,25)8(28,29)11(34,35)13(38,39)15(43,44)48(45,46)47/h(H,45,46,47)/b2-1+. The first-order valence-electron chi connectivity index (χ1n) is 9.70. The molecule has 0 unspecified atom stereocenters. The van der Waals surface area contributed by atoms with Crippen molar-refractivity contribution in [3.63, 3.8) is 0 Å². The lowest BCUT2D eigenvalue weighted by molar-refractivity contribution is -0.451. The number of alkyl halides is 27. The SMILES string of the molecule is O=S(=O)(O)C(F)(F)C(F)(F)C(F)(F)C(F)(F)C(F)(F)C(F)(F)/C(F)=C(\F)C(F)(F)C(F)(F)C(F)(F)C(F)(F)C(F)(F)C(F)(F)C(F)(F)F. The van der Waals surface area contributed by atoms with Crippen LogP contribution < -0.4 is 0 Å². The first-order valence-corrected chi connectivity index (χ1v) is 11.1. The Labute approximate surface area is 240 Å². The fraction of sp³-hybridized carbons (Fsp3) is 0.867. The maximum Gasteiger partial charge on any atom is 0.460 e. The van der Waals surface area contributed by atoms with Crippen LogP contribution in [0.15, 0.2) is 11.7 Å². The molecule has 0 rings (SSSR count). The van der Waals surface area contributed by atoms with Gasteiger partial charge in [-0.3, -0.25) is 4.55 Å². The number of hydrogen-bond donors (Lipinski definition) is 1. The van der Waals surface area contributed by atoms with Crippen molar-refractivity contribution >= 4 is 10.1 Å². The molecule has 48 heavy (non-hydrogen) atoms. The highest BCUT2D eigenvalue weighted by Gasteiger charge is 2.95. The maximum atomic E-state index is 13.6. The summed E-state index contributed by atoms with van der Waals surface area (Å²) in [5.74, 6) is -114. The molecule has 0 radical (unpaired) electrons. The molecule has 288 valence electrons. The molecule has 0 aromatic rings. The first-order chi connectivity index (χ1) is 20.1. The maximum absolute atomic E-state index is 13.6. The van der Waals surface area contributed by atoms with E-state index in [2.05, 4.69) is 0 Å². The molecule has 0 fully saturated rings. The minimum absolute atomic E-state index is 6.43. The van der Waals surface area contributed by atoms with E-state index < -0.39 is 98.4 Å². The summed E-state index contributed by atoms with van der Waals surface area (Å²) < 4.78 is 411. The Morgan fingerprint density at radius 1 is 0.333 bits per heavy atom. The highest BCUT2D eigenvalue weighted by molar-refractivity contribution is 7.87. The summed E-state index contributed by atoms with van der Waals surface area (Å²) in [6.07, 6.45) is -8.24. The molecule has 0 aliphatic rings. The lowest BCUT2D eigenvalue weighted by Gasteiger charge is -2.41. The second-order valence-electron chi connectivity index (χ2n) is 8.44. The summed E-state index contributed by atoms with van der Waals surface area (Å²) in [5.41, 5.74) is 0. The van der Waals surface area contributed by atoms with Crippen LogP contribution in [0.4, 0.5) is 127 Å². The lowest BCUT2D eigenvalue weighted by Crippen LogP contribution is -2.73. The van der Waals surface area contributed by atoms with Crippen LogP contribution in [0.25, 0.3) is 0 Å². The number of rotatable bonds is 13. The molecule has 0 heterocycles. The van der Waals surface area contributed by atoms with Crippen LogP contribution in [-0.4, -0.2) is 89.5 Å². The van der Waals surface area contributed by atoms with Gasteiger partial charge in [0, 0.05) is 0 Å². The third-order valence-corrected chi connectivity index (χ3v) is 6.24. The van der Waals surface area contributed by atoms with Crippen molar-refractivity contribution < 1.29 is 140 Å². The van der Waals surface area contributed by atoms with Gasteiger partial charge < -0.3 is 0 Å². The minimum Gasteiger partial charge on any atom is -0.281 e. The summed E-state index contributed by atoms with van der Waals surface area (Å²) >= 11 is 0. The monoisotopic (exact) mass is 812 g/mol. The largest absolute Gasteiger partial charge is 0.460 e. The number of allylic oxidation sites excluding steroid dienone is 2. The highest BCUT2D eigenvalue weighted by Crippen LogP contribution is 2.65.